The zero-order valence-electron chi connectivity index (χ0n) is 11.4. The molecule has 1 aromatic heterocycles. The third kappa shape index (κ3) is 2.98. The molecule has 106 valence electrons. The number of nitrogens with zero attached hydrogens (tertiary/aromatic N) is 3. The van der Waals surface area contributed by atoms with Crippen molar-refractivity contribution in [1.82, 2.24) is 15.0 Å². The minimum Gasteiger partial charge on any atom is -0.322 e. The van der Waals surface area contributed by atoms with Gasteiger partial charge in [-0.15, -0.1) is 5.10 Å². The van der Waals surface area contributed by atoms with Gasteiger partial charge < -0.3 is 5.73 Å². The molecule has 3 rings (SSSR count). The van der Waals surface area contributed by atoms with Crippen molar-refractivity contribution in [3.05, 3.63) is 77.9 Å². The molecule has 1 atom stereocenters. The summed E-state index contributed by atoms with van der Waals surface area (Å²) < 4.78 is 14.9. The van der Waals surface area contributed by atoms with Gasteiger partial charge in [-0.3, -0.25) is 0 Å². The van der Waals surface area contributed by atoms with E-state index < -0.39 is 0 Å². The number of nitrogens with two attached hydrogens (primary N) is 1. The summed E-state index contributed by atoms with van der Waals surface area (Å²) in [5, 5.41) is 8.02. The summed E-state index contributed by atoms with van der Waals surface area (Å²) in [6.45, 7) is 0. The van der Waals surface area contributed by atoms with Crippen LogP contribution in [0.1, 0.15) is 17.3 Å². The van der Waals surface area contributed by atoms with Crippen LogP contribution in [0, 0.1) is 5.82 Å². The van der Waals surface area contributed by atoms with Crippen LogP contribution in [-0.2, 0) is 6.42 Å². The first-order chi connectivity index (χ1) is 10.2. The van der Waals surface area contributed by atoms with Crippen LogP contribution in [-0.4, -0.2) is 15.0 Å². The SMILES string of the molecule is NC(Cc1cccc(F)c1)c1cnnn1-c1ccccc1. The van der Waals surface area contributed by atoms with Crippen molar-refractivity contribution < 1.29 is 4.39 Å². The molecule has 0 bridgehead atoms. The summed E-state index contributed by atoms with van der Waals surface area (Å²) in [5.41, 5.74) is 8.79. The maximum Gasteiger partial charge on any atom is 0.123 e. The molecule has 0 aliphatic rings. The summed E-state index contributed by atoms with van der Waals surface area (Å²) >= 11 is 0. The number of benzene rings is 2. The number of para-hydroxylation sites is 1. The molecular weight excluding hydrogens is 267 g/mol. The molecule has 0 aliphatic carbocycles. The molecule has 1 unspecified atom stereocenters. The van der Waals surface area contributed by atoms with E-state index in [1.807, 2.05) is 36.4 Å². The van der Waals surface area contributed by atoms with Crippen LogP contribution in [0.3, 0.4) is 0 Å². The predicted molar refractivity (Wildman–Crippen MR) is 78.4 cm³/mol. The number of hydrogen-bond acceptors (Lipinski definition) is 3. The Morgan fingerprint density at radius 2 is 1.90 bits per heavy atom. The molecule has 2 aromatic carbocycles. The zero-order chi connectivity index (χ0) is 14.7. The van der Waals surface area contributed by atoms with Gasteiger partial charge in [-0.05, 0) is 36.2 Å². The number of hydrogen-bond donors (Lipinski definition) is 1. The summed E-state index contributed by atoms with van der Waals surface area (Å²) in [5.74, 6) is -0.255. The topological polar surface area (TPSA) is 56.7 Å². The maximum absolute atomic E-state index is 13.2. The van der Waals surface area contributed by atoms with Crippen molar-refractivity contribution in [1.29, 1.82) is 0 Å². The van der Waals surface area contributed by atoms with Crippen molar-refractivity contribution in [2.45, 2.75) is 12.5 Å². The molecule has 5 heteroatoms. The fraction of sp³-hybridized carbons (Fsp3) is 0.125. The Kier molecular flexibility index (Phi) is 3.75. The van der Waals surface area contributed by atoms with Gasteiger partial charge in [0.05, 0.1) is 23.6 Å². The Balaban J connectivity index is 1.86. The third-order valence-electron chi connectivity index (χ3n) is 3.30. The predicted octanol–water partition coefficient (Wildman–Crippen LogP) is 2.65. The molecule has 0 spiro atoms. The van der Waals surface area contributed by atoms with E-state index in [-0.39, 0.29) is 11.9 Å². The zero-order valence-corrected chi connectivity index (χ0v) is 11.4. The Morgan fingerprint density at radius 3 is 2.67 bits per heavy atom. The highest BCUT2D eigenvalue weighted by Crippen LogP contribution is 2.18. The van der Waals surface area contributed by atoms with E-state index in [1.54, 1.807) is 16.9 Å². The second kappa shape index (κ2) is 5.85. The van der Waals surface area contributed by atoms with Gasteiger partial charge in [0.2, 0.25) is 0 Å². The fourth-order valence-electron chi connectivity index (χ4n) is 2.29. The monoisotopic (exact) mass is 282 g/mol. The van der Waals surface area contributed by atoms with Gasteiger partial charge in [0.15, 0.2) is 0 Å². The highest BCUT2D eigenvalue weighted by Gasteiger charge is 2.15. The Hall–Kier alpha value is -2.53. The normalized spacial score (nSPS) is 12.3. The minimum absolute atomic E-state index is 0.255. The van der Waals surface area contributed by atoms with Gasteiger partial charge in [0, 0.05) is 0 Å². The van der Waals surface area contributed by atoms with E-state index in [0.29, 0.717) is 6.42 Å². The van der Waals surface area contributed by atoms with Crippen LogP contribution < -0.4 is 5.73 Å². The van der Waals surface area contributed by atoms with Crippen molar-refractivity contribution >= 4 is 0 Å². The molecule has 2 N–H and O–H groups in total. The van der Waals surface area contributed by atoms with Gasteiger partial charge in [-0.2, -0.15) is 0 Å². The molecule has 3 aromatic rings. The van der Waals surface area contributed by atoms with E-state index in [2.05, 4.69) is 10.3 Å². The lowest BCUT2D eigenvalue weighted by Gasteiger charge is -2.13. The fourth-order valence-corrected chi connectivity index (χ4v) is 2.29. The largest absolute Gasteiger partial charge is 0.322 e. The standard InChI is InChI=1S/C16H15FN4/c17-13-6-4-5-12(9-13)10-15(18)16-11-19-20-21(16)14-7-2-1-3-8-14/h1-9,11,15H,10,18H2. The molecule has 1 heterocycles. The average Bonchev–Trinajstić information content (AvgIpc) is 2.98. The number of rotatable bonds is 4. The van der Waals surface area contributed by atoms with E-state index in [9.17, 15) is 4.39 Å². The van der Waals surface area contributed by atoms with Crippen molar-refractivity contribution in [2.24, 2.45) is 5.73 Å². The molecule has 4 nitrogen and oxygen atoms in total. The molecule has 0 saturated heterocycles. The van der Waals surface area contributed by atoms with Crippen LogP contribution in [0.5, 0.6) is 0 Å². The molecule has 0 amide bonds. The Labute approximate surface area is 122 Å². The van der Waals surface area contributed by atoms with Crippen molar-refractivity contribution in [2.75, 3.05) is 0 Å². The van der Waals surface area contributed by atoms with Gasteiger partial charge in [0.25, 0.3) is 0 Å². The lowest BCUT2D eigenvalue weighted by molar-refractivity contribution is 0.616. The molecule has 0 fully saturated rings. The summed E-state index contributed by atoms with van der Waals surface area (Å²) in [6, 6.07) is 15.8. The minimum atomic E-state index is -0.304. The van der Waals surface area contributed by atoms with E-state index >= 15 is 0 Å². The summed E-state index contributed by atoms with van der Waals surface area (Å²) in [7, 11) is 0. The Bertz CT molecular complexity index is 724. The first-order valence-electron chi connectivity index (χ1n) is 6.70. The van der Waals surface area contributed by atoms with Gasteiger partial charge in [-0.25, -0.2) is 9.07 Å². The molecule has 0 saturated carbocycles. The number of halogens is 1. The first kappa shape index (κ1) is 13.5. The van der Waals surface area contributed by atoms with Crippen LogP contribution in [0.2, 0.25) is 0 Å². The van der Waals surface area contributed by atoms with Crippen LogP contribution in [0.15, 0.2) is 60.8 Å². The van der Waals surface area contributed by atoms with Crippen LogP contribution >= 0.6 is 0 Å². The second-order valence-corrected chi connectivity index (χ2v) is 4.85. The molecule has 21 heavy (non-hydrogen) atoms. The summed E-state index contributed by atoms with van der Waals surface area (Å²) in [6.07, 6.45) is 2.18. The lowest BCUT2D eigenvalue weighted by atomic mass is 10.0. The van der Waals surface area contributed by atoms with Gasteiger partial charge in [-0.1, -0.05) is 35.5 Å². The summed E-state index contributed by atoms with van der Waals surface area (Å²) in [4.78, 5) is 0. The van der Waals surface area contributed by atoms with E-state index in [0.717, 1.165) is 16.9 Å². The highest BCUT2D eigenvalue weighted by atomic mass is 19.1. The van der Waals surface area contributed by atoms with E-state index in [4.69, 9.17) is 5.73 Å². The second-order valence-electron chi connectivity index (χ2n) is 4.85. The first-order valence-corrected chi connectivity index (χ1v) is 6.70. The maximum atomic E-state index is 13.2. The molecule has 0 radical (unpaired) electrons. The van der Waals surface area contributed by atoms with E-state index in [1.165, 1.54) is 12.1 Å². The molecule has 0 aliphatic heterocycles. The van der Waals surface area contributed by atoms with Crippen molar-refractivity contribution in [3.63, 3.8) is 0 Å². The molecular formula is C16H15FN4. The quantitative estimate of drug-likeness (QED) is 0.800. The van der Waals surface area contributed by atoms with Crippen LogP contribution in [0.25, 0.3) is 5.69 Å². The smallest absolute Gasteiger partial charge is 0.123 e. The Morgan fingerprint density at radius 1 is 1.10 bits per heavy atom. The highest BCUT2D eigenvalue weighted by molar-refractivity contribution is 5.32. The number of aromatic nitrogens is 3. The van der Waals surface area contributed by atoms with Gasteiger partial charge in [0.1, 0.15) is 5.82 Å². The van der Waals surface area contributed by atoms with Gasteiger partial charge >= 0.3 is 0 Å². The average molecular weight is 282 g/mol. The third-order valence-corrected chi connectivity index (χ3v) is 3.30. The lowest BCUT2D eigenvalue weighted by Crippen LogP contribution is -2.18. The van der Waals surface area contributed by atoms with Crippen molar-refractivity contribution in [3.8, 4) is 5.69 Å². The van der Waals surface area contributed by atoms with Crippen LogP contribution in [0.4, 0.5) is 4.39 Å².